The molecule has 2 rings (SSSR count). The van der Waals surface area contributed by atoms with Crippen molar-refractivity contribution in [2.75, 3.05) is 13.1 Å². The molecule has 0 saturated carbocycles. The Morgan fingerprint density at radius 1 is 1.62 bits per heavy atom. The van der Waals surface area contributed by atoms with Crippen molar-refractivity contribution in [2.45, 2.75) is 12.5 Å². The number of halogens is 1. The van der Waals surface area contributed by atoms with E-state index in [4.69, 9.17) is 11.6 Å². The van der Waals surface area contributed by atoms with Crippen LogP contribution in [0, 0.1) is 5.92 Å². The van der Waals surface area contributed by atoms with Crippen molar-refractivity contribution in [1.82, 2.24) is 5.32 Å². The van der Waals surface area contributed by atoms with Gasteiger partial charge in [0.25, 0.3) is 0 Å². The van der Waals surface area contributed by atoms with E-state index in [0.29, 0.717) is 5.92 Å². The molecule has 1 saturated heterocycles. The number of aliphatic hydroxyl groups is 1. The first-order valence-electron chi connectivity index (χ1n) is 4.37. The summed E-state index contributed by atoms with van der Waals surface area (Å²) in [5.41, 5.74) is 1.24. The molecular weight excluding hydrogens is 206 g/mol. The summed E-state index contributed by atoms with van der Waals surface area (Å²) >= 11 is 7.38. The second kappa shape index (κ2) is 3.96. The van der Waals surface area contributed by atoms with Crippen LogP contribution in [0.4, 0.5) is 0 Å². The third kappa shape index (κ3) is 2.23. The summed E-state index contributed by atoms with van der Waals surface area (Å²) in [4.78, 5) is 0. The third-order valence-corrected chi connectivity index (χ3v) is 3.56. The zero-order chi connectivity index (χ0) is 9.26. The van der Waals surface area contributed by atoms with Gasteiger partial charge in [-0.25, -0.2) is 0 Å². The number of hydrogen-bond donors (Lipinski definition) is 2. The number of hydrogen-bond acceptors (Lipinski definition) is 3. The van der Waals surface area contributed by atoms with Gasteiger partial charge in [0.15, 0.2) is 0 Å². The predicted molar refractivity (Wildman–Crippen MR) is 55.4 cm³/mol. The average molecular weight is 218 g/mol. The second-order valence-corrected chi connectivity index (χ2v) is 4.99. The van der Waals surface area contributed by atoms with Crippen LogP contribution in [-0.4, -0.2) is 24.3 Å². The Bertz CT molecular complexity index is 289. The topological polar surface area (TPSA) is 32.3 Å². The van der Waals surface area contributed by atoms with E-state index in [1.807, 2.05) is 6.07 Å². The van der Waals surface area contributed by atoms with Gasteiger partial charge in [-0.05, 0) is 23.4 Å². The highest BCUT2D eigenvalue weighted by Crippen LogP contribution is 2.23. The molecule has 0 aromatic carbocycles. The maximum atomic E-state index is 9.56. The van der Waals surface area contributed by atoms with E-state index in [2.05, 4.69) is 10.7 Å². The first kappa shape index (κ1) is 9.46. The van der Waals surface area contributed by atoms with Crippen molar-refractivity contribution in [2.24, 2.45) is 5.92 Å². The number of β-amino-alcohol motifs (C(OH)–C–C–N with tert-alkyl or cyclic N) is 1. The van der Waals surface area contributed by atoms with Gasteiger partial charge in [-0.1, -0.05) is 11.6 Å². The van der Waals surface area contributed by atoms with Crippen LogP contribution >= 0.6 is 22.9 Å². The summed E-state index contributed by atoms with van der Waals surface area (Å²) in [5.74, 6) is 0.352. The Morgan fingerprint density at radius 3 is 3.00 bits per heavy atom. The normalized spacial score (nSPS) is 28.2. The van der Waals surface area contributed by atoms with Gasteiger partial charge in [-0.15, -0.1) is 11.3 Å². The van der Waals surface area contributed by atoms with Crippen LogP contribution in [0.5, 0.6) is 0 Å². The van der Waals surface area contributed by atoms with Crippen molar-refractivity contribution in [3.63, 3.8) is 0 Å². The van der Waals surface area contributed by atoms with Crippen molar-refractivity contribution >= 4 is 22.9 Å². The lowest BCUT2D eigenvalue weighted by molar-refractivity contribution is 0.148. The smallest absolute Gasteiger partial charge is 0.0931 e. The Balaban J connectivity index is 1.97. The minimum Gasteiger partial charge on any atom is -0.391 e. The number of rotatable bonds is 2. The summed E-state index contributed by atoms with van der Waals surface area (Å²) in [6.07, 6.45) is 0.732. The van der Waals surface area contributed by atoms with Crippen molar-refractivity contribution < 1.29 is 5.11 Å². The van der Waals surface area contributed by atoms with Gasteiger partial charge >= 0.3 is 0 Å². The molecule has 0 spiro atoms. The van der Waals surface area contributed by atoms with Crippen LogP contribution in [-0.2, 0) is 6.42 Å². The number of aliphatic hydroxyl groups excluding tert-OH is 1. The Kier molecular flexibility index (Phi) is 2.89. The number of thiophene rings is 1. The summed E-state index contributed by atoms with van der Waals surface area (Å²) in [7, 11) is 0. The van der Waals surface area contributed by atoms with Crippen LogP contribution in [0.2, 0.25) is 4.34 Å². The molecule has 1 aliphatic heterocycles. The van der Waals surface area contributed by atoms with Gasteiger partial charge in [-0.3, -0.25) is 0 Å². The molecule has 72 valence electrons. The van der Waals surface area contributed by atoms with E-state index >= 15 is 0 Å². The molecule has 1 aromatic heterocycles. The molecule has 1 aromatic rings. The molecule has 0 amide bonds. The minimum absolute atomic E-state index is 0.196. The predicted octanol–water partition coefficient (Wildman–Crippen LogP) is 1.52. The Labute approximate surface area is 86.5 Å². The van der Waals surface area contributed by atoms with Gasteiger partial charge in [0.2, 0.25) is 0 Å². The van der Waals surface area contributed by atoms with Crippen LogP contribution < -0.4 is 5.32 Å². The molecule has 1 fully saturated rings. The third-order valence-electron chi connectivity index (χ3n) is 2.42. The summed E-state index contributed by atoms with van der Waals surface area (Å²) in [6, 6.07) is 1.98. The monoisotopic (exact) mass is 217 g/mol. The summed E-state index contributed by atoms with van der Waals surface area (Å²) in [5, 5.41) is 14.8. The van der Waals surface area contributed by atoms with E-state index in [1.165, 1.54) is 5.56 Å². The Hall–Kier alpha value is -0.0900. The summed E-state index contributed by atoms with van der Waals surface area (Å²) in [6.45, 7) is 1.64. The first-order chi connectivity index (χ1) is 6.25. The lowest BCUT2D eigenvalue weighted by atomic mass is 9.99. The SMILES string of the molecule is O[C@@H]1CNC[C@H]1Cc1csc(Cl)c1. The van der Waals surface area contributed by atoms with Crippen LogP contribution in [0.25, 0.3) is 0 Å². The van der Waals surface area contributed by atoms with Crippen LogP contribution in [0.1, 0.15) is 5.56 Å². The summed E-state index contributed by atoms with van der Waals surface area (Å²) < 4.78 is 0.829. The molecule has 0 unspecified atom stereocenters. The maximum absolute atomic E-state index is 9.56. The van der Waals surface area contributed by atoms with Crippen molar-refractivity contribution in [1.29, 1.82) is 0 Å². The van der Waals surface area contributed by atoms with Crippen molar-refractivity contribution in [3.8, 4) is 0 Å². The fraction of sp³-hybridized carbons (Fsp3) is 0.556. The van der Waals surface area contributed by atoms with Gasteiger partial charge < -0.3 is 10.4 Å². The van der Waals surface area contributed by atoms with E-state index in [1.54, 1.807) is 11.3 Å². The van der Waals surface area contributed by atoms with Gasteiger partial charge in [-0.2, -0.15) is 0 Å². The van der Waals surface area contributed by atoms with E-state index < -0.39 is 0 Å². The largest absolute Gasteiger partial charge is 0.391 e. The molecule has 0 bridgehead atoms. The Morgan fingerprint density at radius 2 is 2.46 bits per heavy atom. The molecule has 2 heterocycles. The van der Waals surface area contributed by atoms with Gasteiger partial charge in [0.05, 0.1) is 10.4 Å². The molecule has 2 atom stereocenters. The fourth-order valence-electron chi connectivity index (χ4n) is 1.68. The van der Waals surface area contributed by atoms with Crippen LogP contribution in [0.3, 0.4) is 0 Å². The lowest BCUT2D eigenvalue weighted by Crippen LogP contribution is -2.19. The van der Waals surface area contributed by atoms with E-state index in [-0.39, 0.29) is 6.10 Å². The number of nitrogens with one attached hydrogen (secondary N) is 1. The quantitative estimate of drug-likeness (QED) is 0.788. The zero-order valence-electron chi connectivity index (χ0n) is 7.16. The van der Waals surface area contributed by atoms with Crippen LogP contribution in [0.15, 0.2) is 11.4 Å². The zero-order valence-corrected chi connectivity index (χ0v) is 8.74. The van der Waals surface area contributed by atoms with E-state index in [9.17, 15) is 5.11 Å². The lowest BCUT2D eigenvalue weighted by Gasteiger charge is -2.11. The molecule has 2 N–H and O–H groups in total. The van der Waals surface area contributed by atoms with Crippen molar-refractivity contribution in [3.05, 3.63) is 21.3 Å². The molecule has 0 radical (unpaired) electrons. The van der Waals surface area contributed by atoms with E-state index in [0.717, 1.165) is 23.8 Å². The fourth-order valence-corrected chi connectivity index (χ4v) is 2.60. The molecule has 1 aliphatic rings. The highest BCUT2D eigenvalue weighted by atomic mass is 35.5. The molecule has 2 nitrogen and oxygen atoms in total. The van der Waals surface area contributed by atoms with Gasteiger partial charge in [0.1, 0.15) is 0 Å². The first-order valence-corrected chi connectivity index (χ1v) is 5.63. The highest BCUT2D eigenvalue weighted by molar-refractivity contribution is 7.14. The standard InChI is InChI=1S/C9H12ClNOS/c10-9-2-6(5-13-9)1-7-3-11-4-8(7)12/h2,5,7-8,11-12H,1,3-4H2/t7-,8-/m1/s1. The van der Waals surface area contributed by atoms with Gasteiger partial charge in [0, 0.05) is 19.0 Å². The molecular formula is C9H12ClNOS. The maximum Gasteiger partial charge on any atom is 0.0931 e. The second-order valence-electron chi connectivity index (χ2n) is 3.45. The molecule has 0 aliphatic carbocycles. The molecule has 13 heavy (non-hydrogen) atoms. The molecule has 4 heteroatoms. The minimum atomic E-state index is -0.196. The average Bonchev–Trinajstić information content (AvgIpc) is 2.64. The highest BCUT2D eigenvalue weighted by Gasteiger charge is 2.24.